The summed E-state index contributed by atoms with van der Waals surface area (Å²) in [5, 5.41) is 0.308. The van der Waals surface area contributed by atoms with Crippen LogP contribution >= 0.6 is 11.6 Å². The molecule has 0 bridgehead atoms. The molecule has 56 valence electrons. The van der Waals surface area contributed by atoms with Crippen LogP contribution in [-0.4, -0.2) is 23.9 Å². The normalized spacial score (nSPS) is 44.7. The molecule has 3 atom stereocenters. The van der Waals surface area contributed by atoms with Crippen molar-refractivity contribution in [2.75, 3.05) is 0 Å². The zero-order valence-corrected chi connectivity index (χ0v) is 6.42. The molecule has 0 aromatic heterocycles. The van der Waals surface area contributed by atoms with Gasteiger partial charge in [-0.3, -0.25) is 4.99 Å². The molecule has 2 rings (SSSR count). The van der Waals surface area contributed by atoms with Gasteiger partial charge < -0.3 is 4.74 Å². The van der Waals surface area contributed by atoms with Gasteiger partial charge in [0.1, 0.15) is 6.10 Å². The molecule has 0 N–H and O–H groups in total. The van der Waals surface area contributed by atoms with E-state index >= 15 is 0 Å². The highest BCUT2D eigenvalue weighted by Gasteiger charge is 2.32. The highest BCUT2D eigenvalue weighted by Crippen LogP contribution is 2.29. The Labute approximate surface area is 65.2 Å². The van der Waals surface area contributed by atoms with Gasteiger partial charge in [0.05, 0.1) is 6.04 Å². The van der Waals surface area contributed by atoms with Crippen LogP contribution in [0.25, 0.3) is 0 Å². The molecular weight excluding hydrogens is 150 g/mol. The molecule has 10 heavy (non-hydrogen) atoms. The lowest BCUT2D eigenvalue weighted by molar-refractivity contribution is 0.161. The molecule has 0 aromatic carbocycles. The third kappa shape index (κ3) is 1.01. The summed E-state index contributed by atoms with van der Waals surface area (Å²) >= 11 is 5.95. The van der Waals surface area contributed by atoms with Crippen molar-refractivity contribution >= 4 is 18.0 Å². The van der Waals surface area contributed by atoms with Crippen LogP contribution in [0.2, 0.25) is 0 Å². The Morgan fingerprint density at radius 3 is 3.30 bits per heavy atom. The molecule has 1 aliphatic heterocycles. The van der Waals surface area contributed by atoms with Gasteiger partial charge in [-0.15, -0.1) is 11.6 Å². The van der Waals surface area contributed by atoms with Crippen molar-refractivity contribution < 1.29 is 4.74 Å². The van der Waals surface area contributed by atoms with Crippen molar-refractivity contribution in [1.82, 2.24) is 0 Å². The summed E-state index contributed by atoms with van der Waals surface area (Å²) < 4.78 is 5.25. The van der Waals surface area contributed by atoms with Gasteiger partial charge in [-0.25, -0.2) is 0 Å². The average molecular weight is 160 g/mol. The van der Waals surface area contributed by atoms with Gasteiger partial charge in [0.2, 0.25) is 0 Å². The molecule has 0 aromatic rings. The van der Waals surface area contributed by atoms with Crippen LogP contribution in [0.3, 0.4) is 0 Å². The highest BCUT2D eigenvalue weighted by molar-refractivity contribution is 6.20. The number of fused-ring (bicyclic) bond motifs is 1. The standard InChI is InChI=1S/C7H10ClNO/c8-5-1-2-6-7(3-5)10-4-9-6/h4-7H,1-3H2. The first-order valence-electron chi connectivity index (χ1n) is 3.67. The third-order valence-corrected chi connectivity index (χ3v) is 2.58. The quantitative estimate of drug-likeness (QED) is 0.492. The van der Waals surface area contributed by atoms with E-state index in [2.05, 4.69) is 4.99 Å². The molecule has 0 radical (unpaired) electrons. The summed E-state index contributed by atoms with van der Waals surface area (Å²) in [5.74, 6) is 0. The fourth-order valence-corrected chi connectivity index (χ4v) is 1.87. The maximum atomic E-state index is 5.95. The van der Waals surface area contributed by atoms with E-state index in [-0.39, 0.29) is 6.10 Å². The summed E-state index contributed by atoms with van der Waals surface area (Å²) in [5.41, 5.74) is 0. The van der Waals surface area contributed by atoms with Gasteiger partial charge in [0, 0.05) is 11.8 Å². The maximum absolute atomic E-state index is 5.95. The third-order valence-electron chi connectivity index (χ3n) is 2.18. The van der Waals surface area contributed by atoms with Gasteiger partial charge >= 0.3 is 0 Å². The number of hydrogen-bond acceptors (Lipinski definition) is 2. The molecule has 1 saturated carbocycles. The molecule has 0 saturated heterocycles. The minimum atomic E-state index is 0.288. The van der Waals surface area contributed by atoms with Gasteiger partial charge in [0.25, 0.3) is 0 Å². The Morgan fingerprint density at radius 2 is 2.40 bits per heavy atom. The van der Waals surface area contributed by atoms with Crippen molar-refractivity contribution in [3.63, 3.8) is 0 Å². The monoisotopic (exact) mass is 159 g/mol. The molecule has 3 heteroatoms. The fraction of sp³-hybridized carbons (Fsp3) is 0.857. The van der Waals surface area contributed by atoms with Crippen molar-refractivity contribution in [2.45, 2.75) is 36.8 Å². The first kappa shape index (κ1) is 6.47. The Kier molecular flexibility index (Phi) is 1.57. The largest absolute Gasteiger partial charge is 0.478 e. The lowest BCUT2D eigenvalue weighted by Gasteiger charge is -2.25. The van der Waals surface area contributed by atoms with Crippen LogP contribution in [-0.2, 0) is 4.74 Å². The molecule has 2 nitrogen and oxygen atoms in total. The predicted octanol–water partition coefficient (Wildman–Crippen LogP) is 1.57. The number of aliphatic imine (C=N–C) groups is 1. The van der Waals surface area contributed by atoms with Crippen molar-refractivity contribution in [2.24, 2.45) is 4.99 Å². The van der Waals surface area contributed by atoms with Crippen LogP contribution in [0.4, 0.5) is 0 Å². The molecule has 3 unspecified atom stereocenters. The first-order chi connectivity index (χ1) is 4.86. The zero-order chi connectivity index (χ0) is 6.97. The summed E-state index contributed by atoms with van der Waals surface area (Å²) in [6.45, 7) is 0. The first-order valence-corrected chi connectivity index (χ1v) is 4.11. The Balaban J connectivity index is 2.01. The number of alkyl halides is 1. The molecule has 1 heterocycles. The van der Waals surface area contributed by atoms with E-state index in [1.807, 2.05) is 0 Å². The van der Waals surface area contributed by atoms with Gasteiger partial charge in [-0.05, 0) is 12.8 Å². The number of hydrogen-bond donors (Lipinski definition) is 0. The minimum Gasteiger partial charge on any atom is -0.478 e. The van der Waals surface area contributed by atoms with E-state index in [0.717, 1.165) is 19.3 Å². The molecule has 1 aliphatic carbocycles. The molecule has 2 aliphatic rings. The molecule has 1 fully saturated rings. The van der Waals surface area contributed by atoms with Crippen LogP contribution in [0.5, 0.6) is 0 Å². The fourth-order valence-electron chi connectivity index (χ4n) is 1.57. The van der Waals surface area contributed by atoms with Crippen LogP contribution in [0.1, 0.15) is 19.3 Å². The van der Waals surface area contributed by atoms with Gasteiger partial charge in [-0.2, -0.15) is 0 Å². The van der Waals surface area contributed by atoms with Crippen LogP contribution < -0.4 is 0 Å². The number of halogens is 1. The lowest BCUT2D eigenvalue weighted by atomic mass is 9.93. The summed E-state index contributed by atoms with van der Waals surface area (Å²) in [6, 6.07) is 0.412. The topological polar surface area (TPSA) is 21.6 Å². The van der Waals surface area contributed by atoms with Crippen molar-refractivity contribution in [3.8, 4) is 0 Å². The average Bonchev–Trinajstić information content (AvgIpc) is 2.33. The van der Waals surface area contributed by atoms with E-state index in [0.29, 0.717) is 11.4 Å². The molecule has 0 amide bonds. The molecule has 0 spiro atoms. The summed E-state index contributed by atoms with van der Waals surface area (Å²) in [4.78, 5) is 4.19. The van der Waals surface area contributed by atoms with Crippen LogP contribution in [0.15, 0.2) is 4.99 Å². The number of nitrogens with zero attached hydrogens (tertiary/aromatic N) is 1. The van der Waals surface area contributed by atoms with Gasteiger partial charge in [-0.1, -0.05) is 0 Å². The van der Waals surface area contributed by atoms with Crippen molar-refractivity contribution in [3.05, 3.63) is 0 Å². The van der Waals surface area contributed by atoms with E-state index in [1.165, 1.54) is 0 Å². The second kappa shape index (κ2) is 2.42. The Morgan fingerprint density at radius 1 is 1.50 bits per heavy atom. The van der Waals surface area contributed by atoms with E-state index in [4.69, 9.17) is 16.3 Å². The number of rotatable bonds is 0. The minimum absolute atomic E-state index is 0.288. The van der Waals surface area contributed by atoms with Gasteiger partial charge in [0.15, 0.2) is 6.40 Å². The second-order valence-corrected chi connectivity index (χ2v) is 3.52. The SMILES string of the molecule is ClC1CCC2N=COC2C1. The Bertz CT molecular complexity index is 160. The van der Waals surface area contributed by atoms with Crippen molar-refractivity contribution in [1.29, 1.82) is 0 Å². The number of ether oxygens (including phenoxy) is 1. The predicted molar refractivity (Wildman–Crippen MR) is 40.6 cm³/mol. The Hall–Kier alpha value is -0.240. The van der Waals surface area contributed by atoms with E-state index in [9.17, 15) is 0 Å². The van der Waals surface area contributed by atoms with Crippen LogP contribution in [0, 0.1) is 0 Å². The zero-order valence-electron chi connectivity index (χ0n) is 5.66. The van der Waals surface area contributed by atoms with E-state index in [1.54, 1.807) is 6.40 Å². The smallest absolute Gasteiger partial charge is 0.170 e. The highest BCUT2D eigenvalue weighted by atomic mass is 35.5. The summed E-state index contributed by atoms with van der Waals surface area (Å²) in [7, 11) is 0. The maximum Gasteiger partial charge on any atom is 0.170 e. The second-order valence-electron chi connectivity index (χ2n) is 2.91. The van der Waals surface area contributed by atoms with E-state index < -0.39 is 0 Å². The lowest BCUT2D eigenvalue weighted by Crippen LogP contribution is -2.30. The molecular formula is C7H10ClNO. The summed E-state index contributed by atoms with van der Waals surface area (Å²) in [6.07, 6.45) is 5.01.